The average Bonchev–Trinajstić information content (AvgIpc) is 3.00. The average molecular weight is 333 g/mol. The molecule has 2 amide bonds. The molecule has 1 saturated heterocycles. The van der Waals surface area contributed by atoms with Crippen molar-refractivity contribution in [3.8, 4) is 6.07 Å². The molecule has 1 unspecified atom stereocenters. The van der Waals surface area contributed by atoms with Crippen LogP contribution in [0.3, 0.4) is 0 Å². The Kier molecular flexibility index (Phi) is 4.53. The predicted molar refractivity (Wildman–Crippen MR) is 96.2 cm³/mol. The Bertz CT molecular complexity index is 863. The lowest BCUT2D eigenvalue weighted by atomic mass is 10.1. The molecule has 0 saturated carbocycles. The zero-order chi connectivity index (χ0) is 18.0. The van der Waals surface area contributed by atoms with Crippen molar-refractivity contribution in [2.24, 2.45) is 5.92 Å². The van der Waals surface area contributed by atoms with Crippen LogP contribution in [0.4, 0.5) is 11.4 Å². The van der Waals surface area contributed by atoms with Crippen LogP contribution in [0.5, 0.6) is 0 Å². The van der Waals surface area contributed by atoms with Crippen molar-refractivity contribution < 1.29 is 9.59 Å². The molecule has 2 aromatic rings. The maximum absolute atomic E-state index is 12.6. The molecule has 0 spiro atoms. The number of anilines is 2. The van der Waals surface area contributed by atoms with Crippen LogP contribution in [0.2, 0.25) is 0 Å². The fourth-order valence-electron chi connectivity index (χ4n) is 3.16. The maximum atomic E-state index is 12.6. The number of nitriles is 1. The summed E-state index contributed by atoms with van der Waals surface area (Å²) in [4.78, 5) is 26.6. The molecule has 0 aromatic heterocycles. The topological polar surface area (TPSA) is 73.2 Å². The van der Waals surface area contributed by atoms with Crippen molar-refractivity contribution >= 4 is 23.2 Å². The van der Waals surface area contributed by atoms with Gasteiger partial charge in [0.2, 0.25) is 11.8 Å². The number of aryl methyl sites for hydroxylation is 2. The molecule has 1 heterocycles. The number of amides is 2. The predicted octanol–water partition coefficient (Wildman–Crippen LogP) is 3.17. The van der Waals surface area contributed by atoms with E-state index in [0.29, 0.717) is 11.3 Å². The standard InChI is InChI=1S/C20H19N3O2/c1-13-6-5-7-14(2)19(13)22-20(25)16-10-18(24)23(12-16)17-9-4-3-8-15(17)11-21/h3-9,16H,10,12H2,1-2H3,(H,22,25). The van der Waals surface area contributed by atoms with Crippen LogP contribution in [0.1, 0.15) is 23.1 Å². The van der Waals surface area contributed by atoms with Crippen LogP contribution in [-0.2, 0) is 9.59 Å². The lowest BCUT2D eigenvalue weighted by molar-refractivity contribution is -0.122. The van der Waals surface area contributed by atoms with Crippen LogP contribution in [0.15, 0.2) is 42.5 Å². The van der Waals surface area contributed by atoms with Crippen molar-refractivity contribution in [3.63, 3.8) is 0 Å². The molecule has 126 valence electrons. The van der Waals surface area contributed by atoms with E-state index in [4.69, 9.17) is 0 Å². The van der Waals surface area contributed by atoms with Crippen molar-refractivity contribution in [2.45, 2.75) is 20.3 Å². The van der Waals surface area contributed by atoms with Crippen LogP contribution in [0.25, 0.3) is 0 Å². The van der Waals surface area contributed by atoms with Crippen LogP contribution < -0.4 is 10.2 Å². The number of hydrogen-bond acceptors (Lipinski definition) is 3. The van der Waals surface area contributed by atoms with Gasteiger partial charge < -0.3 is 10.2 Å². The summed E-state index contributed by atoms with van der Waals surface area (Å²) >= 11 is 0. The number of para-hydroxylation sites is 2. The van der Waals surface area contributed by atoms with E-state index in [-0.39, 0.29) is 24.8 Å². The Morgan fingerprint density at radius 3 is 2.52 bits per heavy atom. The smallest absolute Gasteiger partial charge is 0.229 e. The summed E-state index contributed by atoms with van der Waals surface area (Å²) < 4.78 is 0. The monoisotopic (exact) mass is 333 g/mol. The first-order chi connectivity index (χ1) is 12.0. The molecule has 2 aromatic carbocycles. The Labute approximate surface area is 146 Å². The molecule has 5 heteroatoms. The molecule has 1 atom stereocenters. The summed E-state index contributed by atoms with van der Waals surface area (Å²) in [5.74, 6) is -0.731. The van der Waals surface area contributed by atoms with Gasteiger partial charge in [0.1, 0.15) is 6.07 Å². The van der Waals surface area contributed by atoms with Crippen molar-refractivity contribution in [1.29, 1.82) is 5.26 Å². The van der Waals surface area contributed by atoms with E-state index in [2.05, 4.69) is 11.4 Å². The van der Waals surface area contributed by atoms with Crippen molar-refractivity contribution in [3.05, 3.63) is 59.2 Å². The Hall–Kier alpha value is -3.13. The molecule has 5 nitrogen and oxygen atoms in total. The number of nitrogens with zero attached hydrogens (tertiary/aromatic N) is 2. The second-order valence-corrected chi connectivity index (χ2v) is 6.29. The number of nitrogens with one attached hydrogen (secondary N) is 1. The second kappa shape index (κ2) is 6.78. The van der Waals surface area contributed by atoms with Crippen molar-refractivity contribution in [1.82, 2.24) is 0 Å². The zero-order valence-electron chi connectivity index (χ0n) is 14.2. The molecule has 1 fully saturated rings. The number of benzene rings is 2. The van der Waals surface area contributed by atoms with E-state index in [1.54, 1.807) is 24.3 Å². The number of carbonyl (C=O) groups is 2. The lowest BCUT2D eigenvalue weighted by Gasteiger charge is -2.18. The summed E-state index contributed by atoms with van der Waals surface area (Å²) in [5, 5.41) is 12.2. The van der Waals surface area contributed by atoms with Crippen LogP contribution >= 0.6 is 0 Å². The van der Waals surface area contributed by atoms with E-state index in [1.165, 1.54) is 4.90 Å². The second-order valence-electron chi connectivity index (χ2n) is 6.29. The van der Waals surface area contributed by atoms with Gasteiger partial charge in [0, 0.05) is 18.7 Å². The third-order valence-corrected chi connectivity index (χ3v) is 4.54. The largest absolute Gasteiger partial charge is 0.325 e. The molecule has 25 heavy (non-hydrogen) atoms. The molecule has 0 radical (unpaired) electrons. The Morgan fingerprint density at radius 2 is 1.84 bits per heavy atom. The van der Waals surface area contributed by atoms with Gasteiger partial charge in [-0.1, -0.05) is 30.3 Å². The highest BCUT2D eigenvalue weighted by Crippen LogP contribution is 2.29. The fraction of sp³-hybridized carbons (Fsp3) is 0.250. The molecule has 3 rings (SSSR count). The minimum absolute atomic E-state index is 0.135. The van der Waals surface area contributed by atoms with Gasteiger partial charge in [-0.3, -0.25) is 9.59 Å². The van der Waals surface area contributed by atoms with E-state index < -0.39 is 5.92 Å². The molecular formula is C20H19N3O2. The van der Waals surface area contributed by atoms with E-state index in [0.717, 1.165) is 16.8 Å². The van der Waals surface area contributed by atoms with Gasteiger partial charge in [-0.15, -0.1) is 0 Å². The van der Waals surface area contributed by atoms with E-state index >= 15 is 0 Å². The summed E-state index contributed by atoms with van der Waals surface area (Å²) in [6, 6.07) is 14.9. The molecular weight excluding hydrogens is 314 g/mol. The summed E-state index contributed by atoms with van der Waals surface area (Å²) in [7, 11) is 0. The first kappa shape index (κ1) is 16.7. The fourth-order valence-corrected chi connectivity index (χ4v) is 3.16. The number of rotatable bonds is 3. The van der Waals surface area contributed by atoms with E-state index in [1.807, 2.05) is 32.0 Å². The van der Waals surface area contributed by atoms with Gasteiger partial charge in [0.05, 0.1) is 17.2 Å². The highest BCUT2D eigenvalue weighted by molar-refractivity contribution is 6.04. The van der Waals surface area contributed by atoms with Crippen LogP contribution in [-0.4, -0.2) is 18.4 Å². The molecule has 0 bridgehead atoms. The van der Waals surface area contributed by atoms with Gasteiger partial charge >= 0.3 is 0 Å². The SMILES string of the molecule is Cc1cccc(C)c1NC(=O)C1CC(=O)N(c2ccccc2C#N)C1. The molecule has 1 aliphatic heterocycles. The summed E-state index contributed by atoms with van der Waals surface area (Å²) in [6.07, 6.45) is 0.149. The van der Waals surface area contributed by atoms with Crippen LogP contribution in [0, 0.1) is 31.1 Å². The highest BCUT2D eigenvalue weighted by Gasteiger charge is 2.36. The maximum Gasteiger partial charge on any atom is 0.229 e. The molecule has 0 aliphatic carbocycles. The van der Waals surface area contributed by atoms with E-state index in [9.17, 15) is 14.9 Å². The first-order valence-electron chi connectivity index (χ1n) is 8.18. The minimum atomic E-state index is -0.432. The summed E-state index contributed by atoms with van der Waals surface area (Å²) in [6.45, 7) is 4.17. The quantitative estimate of drug-likeness (QED) is 0.937. The Morgan fingerprint density at radius 1 is 1.16 bits per heavy atom. The molecule has 1 N–H and O–H groups in total. The zero-order valence-corrected chi connectivity index (χ0v) is 14.2. The lowest BCUT2D eigenvalue weighted by Crippen LogP contribution is -2.29. The highest BCUT2D eigenvalue weighted by atomic mass is 16.2. The number of hydrogen-bond donors (Lipinski definition) is 1. The van der Waals surface area contributed by atoms with Gasteiger partial charge in [0.15, 0.2) is 0 Å². The number of carbonyl (C=O) groups excluding carboxylic acids is 2. The minimum Gasteiger partial charge on any atom is -0.325 e. The van der Waals surface area contributed by atoms with Gasteiger partial charge in [0.25, 0.3) is 0 Å². The normalized spacial score (nSPS) is 16.6. The Balaban J connectivity index is 1.79. The first-order valence-corrected chi connectivity index (χ1v) is 8.18. The summed E-state index contributed by atoms with van der Waals surface area (Å²) in [5.41, 5.74) is 3.79. The third kappa shape index (κ3) is 3.24. The molecule has 1 aliphatic rings. The van der Waals surface area contributed by atoms with Gasteiger partial charge in [-0.05, 0) is 37.1 Å². The third-order valence-electron chi connectivity index (χ3n) is 4.54. The van der Waals surface area contributed by atoms with Gasteiger partial charge in [-0.25, -0.2) is 0 Å². The van der Waals surface area contributed by atoms with Gasteiger partial charge in [-0.2, -0.15) is 5.26 Å². The van der Waals surface area contributed by atoms with Crippen molar-refractivity contribution in [2.75, 3.05) is 16.8 Å².